The Bertz CT molecular complexity index is 842. The summed E-state index contributed by atoms with van der Waals surface area (Å²) in [4.78, 5) is 11.4. The molecule has 0 spiro atoms. The minimum atomic E-state index is -1.75. The Morgan fingerprint density at radius 2 is 1.91 bits per heavy atom. The van der Waals surface area contributed by atoms with Gasteiger partial charge in [-0.3, -0.25) is 0 Å². The highest BCUT2D eigenvalue weighted by Crippen LogP contribution is 2.60. The molecule has 0 aromatic rings. The number of fused-ring (bicyclic) bond motifs is 1. The zero-order chi connectivity index (χ0) is 26.0. The summed E-state index contributed by atoms with van der Waals surface area (Å²) in [6.45, 7) is 23.0. The van der Waals surface area contributed by atoms with Crippen LogP contribution in [0.25, 0.3) is 0 Å². The fourth-order valence-corrected chi connectivity index (χ4v) is 8.55. The third kappa shape index (κ3) is 6.69. The van der Waals surface area contributed by atoms with E-state index in [1.165, 1.54) is 49.7 Å². The molecular formula is C32H54O2Si. The Kier molecular flexibility index (Phi) is 9.17. The van der Waals surface area contributed by atoms with Crippen LogP contribution in [0.2, 0.25) is 18.1 Å². The van der Waals surface area contributed by atoms with E-state index in [1.54, 1.807) is 12.5 Å². The van der Waals surface area contributed by atoms with E-state index in [9.17, 15) is 4.79 Å². The smallest absolute Gasteiger partial charge is 0.192 e. The Labute approximate surface area is 218 Å². The molecule has 0 unspecified atom stereocenters. The third-order valence-corrected chi connectivity index (χ3v) is 14.9. The number of Topliss-reactive ketones (excluding diaryl/α,β-unsaturated/α-hetero) is 1. The molecule has 3 aliphatic rings. The van der Waals surface area contributed by atoms with Gasteiger partial charge in [-0.1, -0.05) is 70.9 Å². The second kappa shape index (κ2) is 11.2. The van der Waals surface area contributed by atoms with Crippen LogP contribution in [0.1, 0.15) is 112 Å². The molecule has 2 nitrogen and oxygen atoms in total. The molecule has 3 fully saturated rings. The van der Waals surface area contributed by atoms with E-state index in [4.69, 9.17) is 4.43 Å². The van der Waals surface area contributed by atoms with Crippen LogP contribution >= 0.6 is 0 Å². The number of ketones is 1. The first kappa shape index (κ1) is 28.6. The van der Waals surface area contributed by atoms with Crippen molar-refractivity contribution >= 4 is 14.1 Å². The highest BCUT2D eigenvalue weighted by molar-refractivity contribution is 6.74. The van der Waals surface area contributed by atoms with E-state index < -0.39 is 8.32 Å². The Balaban J connectivity index is 1.70. The lowest BCUT2D eigenvalue weighted by Crippen LogP contribution is -2.44. The predicted molar refractivity (Wildman–Crippen MR) is 153 cm³/mol. The summed E-state index contributed by atoms with van der Waals surface area (Å²) in [6.07, 6.45) is 18.1. The first-order valence-corrected chi connectivity index (χ1v) is 17.4. The Morgan fingerprint density at radius 1 is 1.20 bits per heavy atom. The average Bonchev–Trinajstić information content (AvgIpc) is 3.10. The van der Waals surface area contributed by atoms with E-state index in [0.717, 1.165) is 43.9 Å². The molecule has 0 aromatic heterocycles. The van der Waals surface area contributed by atoms with Crippen molar-refractivity contribution in [2.45, 2.75) is 136 Å². The van der Waals surface area contributed by atoms with Crippen LogP contribution in [0.3, 0.4) is 0 Å². The van der Waals surface area contributed by atoms with Gasteiger partial charge in [-0.25, -0.2) is 0 Å². The molecule has 0 aliphatic heterocycles. The van der Waals surface area contributed by atoms with Crippen molar-refractivity contribution in [2.75, 3.05) is 0 Å². The Morgan fingerprint density at radius 3 is 2.57 bits per heavy atom. The SMILES string of the molecule is C=C1CC[C@H](O[Si](C)(C)C(C)(C)C)C/C1=C\C=C1/CCC[C@]2(C)[C@@H]([C@H](C)CCCC(C)=O)CC[C@@H]12. The summed E-state index contributed by atoms with van der Waals surface area (Å²) in [6, 6.07) is 0. The van der Waals surface area contributed by atoms with Gasteiger partial charge in [0.25, 0.3) is 0 Å². The molecule has 3 rings (SSSR count). The molecule has 35 heavy (non-hydrogen) atoms. The molecular weight excluding hydrogens is 444 g/mol. The minimum absolute atomic E-state index is 0.252. The highest BCUT2D eigenvalue weighted by Gasteiger charge is 2.50. The normalized spacial score (nSPS) is 33.3. The van der Waals surface area contributed by atoms with Crippen molar-refractivity contribution in [3.8, 4) is 0 Å². The minimum Gasteiger partial charge on any atom is -0.414 e. The summed E-state index contributed by atoms with van der Waals surface area (Å²) >= 11 is 0. The first-order valence-electron chi connectivity index (χ1n) is 14.5. The second-order valence-electron chi connectivity index (χ2n) is 13.9. The van der Waals surface area contributed by atoms with E-state index in [1.807, 2.05) is 0 Å². The molecule has 3 heteroatoms. The number of rotatable bonds is 8. The van der Waals surface area contributed by atoms with Crippen molar-refractivity contribution < 1.29 is 9.22 Å². The van der Waals surface area contributed by atoms with Gasteiger partial charge in [0.2, 0.25) is 0 Å². The summed E-state index contributed by atoms with van der Waals surface area (Å²) in [7, 11) is -1.75. The van der Waals surface area contributed by atoms with Crippen molar-refractivity contribution in [2.24, 2.45) is 23.2 Å². The molecule has 0 bridgehead atoms. The third-order valence-electron chi connectivity index (χ3n) is 10.3. The molecule has 198 valence electrons. The maximum atomic E-state index is 11.4. The lowest BCUT2D eigenvalue weighted by Gasteiger charge is -2.44. The number of allylic oxidation sites excluding steroid dienone is 4. The Hall–Kier alpha value is -0.933. The van der Waals surface area contributed by atoms with Crippen LogP contribution in [0.4, 0.5) is 0 Å². The molecule has 3 aliphatic carbocycles. The molecule has 0 N–H and O–H groups in total. The van der Waals surface area contributed by atoms with Gasteiger partial charge in [-0.2, -0.15) is 0 Å². The molecule has 0 saturated heterocycles. The molecule has 0 radical (unpaired) electrons. The molecule has 5 atom stereocenters. The molecule has 0 amide bonds. The van der Waals surface area contributed by atoms with Crippen molar-refractivity contribution in [1.29, 1.82) is 0 Å². The zero-order valence-electron chi connectivity index (χ0n) is 24.3. The van der Waals surface area contributed by atoms with E-state index in [-0.39, 0.29) is 5.04 Å². The van der Waals surface area contributed by atoms with Crippen LogP contribution in [-0.4, -0.2) is 20.2 Å². The lowest BCUT2D eigenvalue weighted by molar-refractivity contribution is -0.117. The van der Waals surface area contributed by atoms with Crippen LogP contribution in [-0.2, 0) is 9.22 Å². The number of carbonyl (C=O) groups is 1. The predicted octanol–water partition coefficient (Wildman–Crippen LogP) is 9.58. The number of carbonyl (C=O) groups excluding carboxylic acids is 1. The van der Waals surface area contributed by atoms with Gasteiger partial charge in [0.1, 0.15) is 5.78 Å². The topological polar surface area (TPSA) is 26.3 Å². The van der Waals surface area contributed by atoms with Gasteiger partial charge in [0, 0.05) is 12.5 Å². The fraction of sp³-hybridized carbons (Fsp3) is 0.781. The lowest BCUT2D eigenvalue weighted by atomic mass is 9.60. The number of hydrogen-bond acceptors (Lipinski definition) is 2. The van der Waals surface area contributed by atoms with Gasteiger partial charge in [-0.05, 0) is 112 Å². The van der Waals surface area contributed by atoms with Crippen LogP contribution in [0.15, 0.2) is 35.5 Å². The summed E-state index contributed by atoms with van der Waals surface area (Å²) in [5, 5.41) is 0.252. The van der Waals surface area contributed by atoms with Crippen LogP contribution < -0.4 is 0 Å². The summed E-state index contributed by atoms with van der Waals surface area (Å²) in [5.74, 6) is 2.57. The van der Waals surface area contributed by atoms with Gasteiger partial charge in [0.15, 0.2) is 8.32 Å². The standard InChI is InChI=1S/C32H54O2Si/c1-23-15-18-28(34-35(8,9)31(4,5)6)22-27(23)17-16-26-14-11-21-32(7)29(19-20-30(26)32)24(2)12-10-13-25(3)33/h16-17,24,28-30H,1,10-15,18-22H2,2-9H3/b26-16+,27-17+/t24-,28+,29-,30+,32-/m1/s1. The number of hydrogen-bond donors (Lipinski definition) is 0. The summed E-state index contributed by atoms with van der Waals surface area (Å²) < 4.78 is 6.80. The molecule has 3 saturated carbocycles. The van der Waals surface area contributed by atoms with Gasteiger partial charge < -0.3 is 9.22 Å². The highest BCUT2D eigenvalue weighted by atomic mass is 28.4. The second-order valence-corrected chi connectivity index (χ2v) is 18.7. The average molecular weight is 499 g/mol. The van der Waals surface area contributed by atoms with Crippen LogP contribution in [0.5, 0.6) is 0 Å². The fourth-order valence-electron chi connectivity index (χ4n) is 7.16. The van der Waals surface area contributed by atoms with Gasteiger partial charge >= 0.3 is 0 Å². The summed E-state index contributed by atoms with van der Waals surface area (Å²) in [5.41, 5.74) is 4.85. The largest absolute Gasteiger partial charge is 0.414 e. The van der Waals surface area contributed by atoms with Crippen molar-refractivity contribution in [3.63, 3.8) is 0 Å². The first-order chi connectivity index (χ1) is 16.2. The van der Waals surface area contributed by atoms with E-state index in [0.29, 0.717) is 23.2 Å². The maximum Gasteiger partial charge on any atom is 0.192 e. The molecule has 0 heterocycles. The van der Waals surface area contributed by atoms with Gasteiger partial charge in [0.05, 0.1) is 0 Å². The van der Waals surface area contributed by atoms with Crippen LogP contribution in [0, 0.1) is 23.2 Å². The van der Waals surface area contributed by atoms with E-state index >= 15 is 0 Å². The van der Waals surface area contributed by atoms with Gasteiger partial charge in [-0.15, -0.1) is 0 Å². The van der Waals surface area contributed by atoms with Crippen molar-refractivity contribution in [3.05, 3.63) is 35.5 Å². The monoisotopic (exact) mass is 498 g/mol. The maximum absolute atomic E-state index is 11.4. The quantitative estimate of drug-likeness (QED) is 0.311. The molecule has 0 aromatic carbocycles. The van der Waals surface area contributed by atoms with Crippen molar-refractivity contribution in [1.82, 2.24) is 0 Å². The van der Waals surface area contributed by atoms with E-state index in [2.05, 4.69) is 66.4 Å². The zero-order valence-corrected chi connectivity index (χ0v) is 25.3.